The van der Waals surface area contributed by atoms with Gasteiger partial charge >= 0.3 is 0 Å². The Morgan fingerprint density at radius 2 is 2.00 bits per heavy atom. The Kier molecular flexibility index (Phi) is 3.07. The third-order valence-corrected chi connectivity index (χ3v) is 4.82. The second kappa shape index (κ2) is 4.62. The predicted molar refractivity (Wildman–Crippen MR) is 84.7 cm³/mol. The summed E-state index contributed by atoms with van der Waals surface area (Å²) in [7, 11) is 0. The average molecular weight is 288 g/mol. The molecule has 0 fully saturated rings. The predicted octanol–water partition coefficient (Wildman–Crippen LogP) is 4.99. The molecule has 1 N–H and O–H groups in total. The fourth-order valence-electron chi connectivity index (χ4n) is 2.66. The van der Waals surface area contributed by atoms with Crippen LogP contribution in [0.4, 0.5) is 0 Å². The van der Waals surface area contributed by atoms with Crippen molar-refractivity contribution in [2.75, 3.05) is 0 Å². The number of thiophene rings is 1. The second-order valence-corrected chi connectivity index (χ2v) is 6.71. The van der Waals surface area contributed by atoms with Gasteiger partial charge in [-0.2, -0.15) is 0 Å². The number of aryl methyl sites for hydroxylation is 2. The molecule has 0 saturated heterocycles. The van der Waals surface area contributed by atoms with Gasteiger partial charge in [0.25, 0.3) is 0 Å². The summed E-state index contributed by atoms with van der Waals surface area (Å²) in [5, 5.41) is 0. The lowest BCUT2D eigenvalue weighted by Gasteiger charge is -2.14. The van der Waals surface area contributed by atoms with Crippen LogP contribution in [0.2, 0.25) is 0 Å². The van der Waals surface area contributed by atoms with E-state index in [1.807, 2.05) is 17.4 Å². The number of fused-ring (bicyclic) bond motifs is 1. The quantitative estimate of drug-likeness (QED) is 0.659. The SMILES string of the molecule is Cc1cc(C(C)n2c(=S)[nH]c3ccccc32)c(C)s1. The van der Waals surface area contributed by atoms with E-state index in [0.29, 0.717) is 0 Å². The molecule has 2 nitrogen and oxygen atoms in total. The van der Waals surface area contributed by atoms with E-state index in [4.69, 9.17) is 12.2 Å². The van der Waals surface area contributed by atoms with Crippen LogP contribution >= 0.6 is 23.6 Å². The third kappa shape index (κ3) is 2.05. The average Bonchev–Trinajstić information content (AvgIpc) is 2.87. The first kappa shape index (κ1) is 12.6. The van der Waals surface area contributed by atoms with Gasteiger partial charge in [0.15, 0.2) is 4.77 Å². The molecule has 0 aliphatic carbocycles. The molecule has 3 rings (SSSR count). The van der Waals surface area contributed by atoms with Crippen LogP contribution in [0.25, 0.3) is 11.0 Å². The number of aromatic amines is 1. The number of nitrogens with zero attached hydrogens (tertiary/aromatic N) is 1. The van der Waals surface area contributed by atoms with Gasteiger partial charge in [-0.05, 0) is 56.8 Å². The van der Waals surface area contributed by atoms with Crippen molar-refractivity contribution in [1.82, 2.24) is 9.55 Å². The first-order valence-corrected chi connectivity index (χ1v) is 7.56. The summed E-state index contributed by atoms with van der Waals surface area (Å²) in [5.41, 5.74) is 3.63. The van der Waals surface area contributed by atoms with E-state index in [1.165, 1.54) is 20.8 Å². The van der Waals surface area contributed by atoms with Gasteiger partial charge in [-0.25, -0.2) is 0 Å². The van der Waals surface area contributed by atoms with Crippen LogP contribution < -0.4 is 0 Å². The maximum atomic E-state index is 5.49. The standard InChI is InChI=1S/C15H16N2S2/c1-9-8-12(11(3)19-9)10(2)17-14-7-5-4-6-13(14)16-15(17)18/h4-8,10H,1-3H3,(H,16,18). The normalized spacial score (nSPS) is 13.0. The number of hydrogen-bond donors (Lipinski definition) is 1. The molecule has 1 atom stereocenters. The Bertz CT molecular complexity index is 792. The monoisotopic (exact) mass is 288 g/mol. The van der Waals surface area contributed by atoms with Crippen LogP contribution in [0.3, 0.4) is 0 Å². The molecule has 4 heteroatoms. The molecule has 1 aromatic carbocycles. The van der Waals surface area contributed by atoms with E-state index in [1.54, 1.807) is 0 Å². The number of nitrogens with one attached hydrogen (secondary N) is 1. The van der Waals surface area contributed by atoms with Gasteiger partial charge in [0.05, 0.1) is 17.1 Å². The lowest BCUT2D eigenvalue weighted by molar-refractivity contribution is 0.648. The smallest absolute Gasteiger partial charge is 0.178 e. The number of H-pyrrole nitrogens is 1. The van der Waals surface area contributed by atoms with Crippen molar-refractivity contribution < 1.29 is 0 Å². The van der Waals surface area contributed by atoms with Gasteiger partial charge < -0.3 is 9.55 Å². The molecule has 2 heterocycles. The lowest BCUT2D eigenvalue weighted by atomic mass is 10.1. The van der Waals surface area contributed by atoms with Crippen LogP contribution in [0.1, 0.15) is 28.3 Å². The highest BCUT2D eigenvalue weighted by molar-refractivity contribution is 7.71. The summed E-state index contributed by atoms with van der Waals surface area (Å²) in [4.78, 5) is 6.01. The largest absolute Gasteiger partial charge is 0.331 e. The summed E-state index contributed by atoms with van der Waals surface area (Å²) in [6.45, 7) is 6.55. The van der Waals surface area contributed by atoms with E-state index in [0.717, 1.165) is 10.3 Å². The Labute approximate surface area is 121 Å². The summed E-state index contributed by atoms with van der Waals surface area (Å²) in [6.07, 6.45) is 0. The van der Waals surface area contributed by atoms with Crippen LogP contribution in [0, 0.1) is 18.6 Å². The Morgan fingerprint density at radius 3 is 2.68 bits per heavy atom. The molecular formula is C15H16N2S2. The molecular weight excluding hydrogens is 272 g/mol. The second-order valence-electron chi connectivity index (χ2n) is 4.86. The number of hydrogen-bond acceptors (Lipinski definition) is 2. The molecule has 0 spiro atoms. The van der Waals surface area contributed by atoms with Crippen LogP contribution in [0.5, 0.6) is 0 Å². The van der Waals surface area contributed by atoms with Gasteiger partial charge in [-0.1, -0.05) is 12.1 Å². The zero-order valence-corrected chi connectivity index (χ0v) is 12.9. The molecule has 98 valence electrons. The van der Waals surface area contributed by atoms with E-state index < -0.39 is 0 Å². The Balaban J connectivity index is 2.22. The van der Waals surface area contributed by atoms with Crippen molar-refractivity contribution in [1.29, 1.82) is 0 Å². The Morgan fingerprint density at radius 1 is 1.26 bits per heavy atom. The fraction of sp³-hybridized carbons (Fsp3) is 0.267. The topological polar surface area (TPSA) is 20.7 Å². The molecule has 0 aliphatic rings. The number of rotatable bonds is 2. The first-order valence-electron chi connectivity index (χ1n) is 6.34. The molecule has 0 aliphatic heterocycles. The van der Waals surface area contributed by atoms with Gasteiger partial charge in [0.1, 0.15) is 0 Å². The molecule has 2 aromatic heterocycles. The summed E-state index contributed by atoms with van der Waals surface area (Å²) >= 11 is 7.34. The minimum atomic E-state index is 0.258. The maximum Gasteiger partial charge on any atom is 0.178 e. The zero-order valence-electron chi connectivity index (χ0n) is 11.2. The highest BCUT2D eigenvalue weighted by Gasteiger charge is 2.16. The zero-order chi connectivity index (χ0) is 13.6. The molecule has 0 saturated carbocycles. The molecule has 0 bridgehead atoms. The van der Waals surface area contributed by atoms with Gasteiger partial charge in [0.2, 0.25) is 0 Å². The van der Waals surface area contributed by atoms with E-state index in [2.05, 4.69) is 54.6 Å². The number of aromatic nitrogens is 2. The highest BCUT2D eigenvalue weighted by Crippen LogP contribution is 2.31. The summed E-state index contributed by atoms with van der Waals surface area (Å²) in [5.74, 6) is 0. The van der Waals surface area contributed by atoms with Crippen LogP contribution in [0.15, 0.2) is 30.3 Å². The maximum absolute atomic E-state index is 5.49. The van der Waals surface area contributed by atoms with Gasteiger partial charge in [-0.3, -0.25) is 0 Å². The summed E-state index contributed by atoms with van der Waals surface area (Å²) < 4.78 is 3.00. The molecule has 19 heavy (non-hydrogen) atoms. The van der Waals surface area contributed by atoms with Crippen molar-refractivity contribution in [3.8, 4) is 0 Å². The minimum Gasteiger partial charge on any atom is -0.331 e. The van der Waals surface area contributed by atoms with Crippen LogP contribution in [-0.2, 0) is 0 Å². The van der Waals surface area contributed by atoms with Crippen molar-refractivity contribution in [2.24, 2.45) is 0 Å². The van der Waals surface area contributed by atoms with E-state index >= 15 is 0 Å². The van der Waals surface area contributed by atoms with Gasteiger partial charge in [0, 0.05) is 9.75 Å². The molecule has 1 unspecified atom stereocenters. The molecule has 0 amide bonds. The van der Waals surface area contributed by atoms with E-state index in [9.17, 15) is 0 Å². The third-order valence-electron chi connectivity index (χ3n) is 3.54. The molecule has 3 aromatic rings. The first-order chi connectivity index (χ1) is 9.08. The lowest BCUT2D eigenvalue weighted by Crippen LogP contribution is -2.06. The van der Waals surface area contributed by atoms with Crippen molar-refractivity contribution in [3.05, 3.63) is 50.4 Å². The molecule has 0 radical (unpaired) electrons. The highest BCUT2D eigenvalue weighted by atomic mass is 32.1. The van der Waals surface area contributed by atoms with Gasteiger partial charge in [-0.15, -0.1) is 11.3 Å². The van der Waals surface area contributed by atoms with E-state index in [-0.39, 0.29) is 6.04 Å². The fourth-order valence-corrected chi connectivity index (χ4v) is 4.05. The van der Waals surface area contributed by atoms with Crippen LogP contribution in [-0.4, -0.2) is 9.55 Å². The van der Waals surface area contributed by atoms with Crippen molar-refractivity contribution in [3.63, 3.8) is 0 Å². The number of benzene rings is 1. The number of para-hydroxylation sites is 2. The number of imidazole rings is 1. The van der Waals surface area contributed by atoms with Crippen molar-refractivity contribution >= 4 is 34.6 Å². The van der Waals surface area contributed by atoms with Crippen molar-refractivity contribution in [2.45, 2.75) is 26.8 Å². The summed E-state index contributed by atoms with van der Waals surface area (Å²) in [6, 6.07) is 10.8. The minimum absolute atomic E-state index is 0.258. The Hall–Kier alpha value is -1.39.